The lowest BCUT2D eigenvalue weighted by molar-refractivity contribution is -0.112. The zero-order valence-corrected chi connectivity index (χ0v) is 18.2. The summed E-state index contributed by atoms with van der Waals surface area (Å²) < 4.78 is 5.70. The van der Waals surface area contributed by atoms with Crippen molar-refractivity contribution in [1.82, 2.24) is 0 Å². The van der Waals surface area contributed by atoms with Crippen molar-refractivity contribution < 1.29 is 9.53 Å². The second-order valence-electron chi connectivity index (χ2n) is 6.33. The second kappa shape index (κ2) is 11.7. The first-order valence-electron chi connectivity index (χ1n) is 9.25. The molecule has 1 N–H and O–H groups in total. The first-order chi connectivity index (χ1) is 14.0. The molecule has 0 spiro atoms. The van der Waals surface area contributed by atoms with E-state index in [9.17, 15) is 10.1 Å². The standard InChI is InChI=1S/C22H21Cl3N2O2/c1-2-3-4-7-10-29-21-18(24)12-15(13-19(21)25)11-16(14-26)22(28)27-20-9-6-5-8-17(20)23/h5-6,8-9,11-13H,2-4,7,10H2,1H3,(H,27,28)/b16-11+. The van der Waals surface area contributed by atoms with E-state index in [2.05, 4.69) is 12.2 Å². The van der Waals surface area contributed by atoms with Crippen molar-refractivity contribution in [2.45, 2.75) is 32.6 Å². The van der Waals surface area contributed by atoms with Crippen molar-refractivity contribution in [1.29, 1.82) is 5.26 Å². The smallest absolute Gasteiger partial charge is 0.266 e. The number of carbonyl (C=O) groups excluding carboxylic acids is 1. The molecule has 0 aromatic heterocycles. The Bertz CT molecular complexity index is 913. The van der Waals surface area contributed by atoms with E-state index < -0.39 is 5.91 Å². The molecule has 1 amide bonds. The molecule has 0 aliphatic heterocycles. The average Bonchev–Trinajstić information content (AvgIpc) is 2.69. The number of carbonyl (C=O) groups is 1. The number of hydrogen-bond donors (Lipinski definition) is 1. The van der Waals surface area contributed by atoms with Gasteiger partial charge in [0.15, 0.2) is 5.75 Å². The van der Waals surface area contributed by atoms with Gasteiger partial charge in [0.1, 0.15) is 11.6 Å². The molecule has 2 aromatic carbocycles. The Morgan fingerprint density at radius 1 is 1.10 bits per heavy atom. The summed E-state index contributed by atoms with van der Waals surface area (Å²) in [5, 5.41) is 13.0. The molecule has 29 heavy (non-hydrogen) atoms. The van der Waals surface area contributed by atoms with Gasteiger partial charge in [-0.3, -0.25) is 4.79 Å². The number of hydrogen-bond acceptors (Lipinski definition) is 3. The third-order valence-electron chi connectivity index (χ3n) is 4.06. The van der Waals surface area contributed by atoms with Crippen molar-refractivity contribution >= 4 is 52.5 Å². The Hall–Kier alpha value is -2.19. The van der Waals surface area contributed by atoms with E-state index in [1.54, 1.807) is 36.4 Å². The van der Waals surface area contributed by atoms with Gasteiger partial charge in [0.05, 0.1) is 27.4 Å². The predicted octanol–water partition coefficient (Wildman–Crippen LogP) is 7.15. The minimum absolute atomic E-state index is 0.106. The zero-order chi connectivity index (χ0) is 21.2. The molecule has 0 aliphatic carbocycles. The van der Waals surface area contributed by atoms with Crippen molar-refractivity contribution in [2.24, 2.45) is 0 Å². The number of rotatable bonds is 9. The van der Waals surface area contributed by atoms with Gasteiger partial charge >= 0.3 is 0 Å². The molecular formula is C22H21Cl3N2O2. The lowest BCUT2D eigenvalue weighted by Gasteiger charge is -2.11. The molecule has 2 aromatic rings. The molecule has 0 saturated heterocycles. The van der Waals surface area contributed by atoms with Crippen LogP contribution in [0.1, 0.15) is 38.2 Å². The number of nitrogens with zero attached hydrogens (tertiary/aromatic N) is 1. The van der Waals surface area contributed by atoms with Crippen LogP contribution in [-0.4, -0.2) is 12.5 Å². The molecule has 0 saturated carbocycles. The van der Waals surface area contributed by atoms with Crippen molar-refractivity contribution in [3.8, 4) is 11.8 Å². The SMILES string of the molecule is CCCCCCOc1c(Cl)cc(/C=C(\C#N)C(=O)Nc2ccccc2Cl)cc1Cl. The molecule has 0 atom stereocenters. The highest BCUT2D eigenvalue weighted by molar-refractivity contribution is 6.37. The van der Waals surface area contributed by atoms with Crippen LogP contribution >= 0.6 is 34.8 Å². The predicted molar refractivity (Wildman–Crippen MR) is 120 cm³/mol. The molecule has 2 rings (SSSR count). The summed E-state index contributed by atoms with van der Waals surface area (Å²) in [6.07, 6.45) is 5.71. The summed E-state index contributed by atoms with van der Waals surface area (Å²) in [6.45, 7) is 2.67. The minimum atomic E-state index is -0.580. The van der Waals surface area contributed by atoms with Crippen LogP contribution in [0.2, 0.25) is 15.1 Å². The van der Waals surface area contributed by atoms with Gasteiger partial charge in [0, 0.05) is 0 Å². The quantitative estimate of drug-likeness (QED) is 0.250. The molecule has 0 unspecified atom stereocenters. The molecule has 0 radical (unpaired) electrons. The summed E-state index contributed by atoms with van der Waals surface area (Å²) >= 11 is 18.6. The highest BCUT2D eigenvalue weighted by Crippen LogP contribution is 2.35. The molecule has 7 heteroatoms. The Balaban J connectivity index is 2.13. The third-order valence-corrected chi connectivity index (χ3v) is 4.95. The van der Waals surface area contributed by atoms with Gasteiger partial charge in [0.25, 0.3) is 5.91 Å². The zero-order valence-electron chi connectivity index (χ0n) is 16.0. The first kappa shape index (κ1) is 23.1. The van der Waals surface area contributed by atoms with Crippen LogP contribution in [-0.2, 0) is 4.79 Å². The van der Waals surface area contributed by atoms with Gasteiger partial charge < -0.3 is 10.1 Å². The lowest BCUT2D eigenvalue weighted by Crippen LogP contribution is -2.13. The van der Waals surface area contributed by atoms with E-state index >= 15 is 0 Å². The third kappa shape index (κ3) is 6.97. The number of nitriles is 1. The number of benzene rings is 2. The summed E-state index contributed by atoms with van der Waals surface area (Å²) in [6, 6.07) is 11.9. The maximum absolute atomic E-state index is 12.4. The van der Waals surface area contributed by atoms with Crippen LogP contribution in [0.25, 0.3) is 6.08 Å². The monoisotopic (exact) mass is 450 g/mol. The number of halogens is 3. The van der Waals surface area contributed by atoms with E-state index in [4.69, 9.17) is 39.5 Å². The largest absolute Gasteiger partial charge is 0.490 e. The van der Waals surface area contributed by atoms with Crippen molar-refractivity contribution in [3.63, 3.8) is 0 Å². The van der Waals surface area contributed by atoms with Gasteiger partial charge in [-0.15, -0.1) is 0 Å². The molecule has 0 fully saturated rings. The van der Waals surface area contributed by atoms with Crippen LogP contribution in [0.15, 0.2) is 42.0 Å². The summed E-state index contributed by atoms with van der Waals surface area (Å²) in [7, 11) is 0. The van der Waals surface area contributed by atoms with E-state index in [1.165, 1.54) is 6.08 Å². The van der Waals surface area contributed by atoms with Crippen LogP contribution in [0.4, 0.5) is 5.69 Å². The fourth-order valence-corrected chi connectivity index (χ4v) is 3.37. The second-order valence-corrected chi connectivity index (χ2v) is 7.55. The number of ether oxygens (including phenoxy) is 1. The highest BCUT2D eigenvalue weighted by atomic mass is 35.5. The molecule has 4 nitrogen and oxygen atoms in total. The van der Waals surface area contributed by atoms with Gasteiger partial charge in [-0.2, -0.15) is 5.26 Å². The van der Waals surface area contributed by atoms with Crippen LogP contribution in [0, 0.1) is 11.3 Å². The van der Waals surface area contributed by atoms with E-state index in [0.717, 1.165) is 25.7 Å². The summed E-state index contributed by atoms with van der Waals surface area (Å²) in [5.41, 5.74) is 0.831. The Labute approximate surface area is 186 Å². The van der Waals surface area contributed by atoms with Crippen LogP contribution in [0.3, 0.4) is 0 Å². The lowest BCUT2D eigenvalue weighted by atomic mass is 10.1. The Kier molecular flexibility index (Phi) is 9.34. The number of amides is 1. The molecule has 0 heterocycles. The number of unbranched alkanes of at least 4 members (excludes halogenated alkanes) is 3. The normalized spacial score (nSPS) is 11.1. The highest BCUT2D eigenvalue weighted by Gasteiger charge is 2.14. The van der Waals surface area contributed by atoms with Crippen LogP contribution < -0.4 is 10.1 Å². The van der Waals surface area contributed by atoms with Gasteiger partial charge in [-0.05, 0) is 42.3 Å². The minimum Gasteiger partial charge on any atom is -0.490 e. The van der Waals surface area contributed by atoms with E-state index in [-0.39, 0.29) is 5.57 Å². The maximum atomic E-state index is 12.4. The maximum Gasteiger partial charge on any atom is 0.266 e. The molecule has 0 bridgehead atoms. The fraction of sp³-hybridized carbons (Fsp3) is 0.273. The molecule has 152 valence electrons. The molecule has 0 aliphatic rings. The topological polar surface area (TPSA) is 62.1 Å². The number of para-hydroxylation sites is 1. The molecular weight excluding hydrogens is 431 g/mol. The van der Waals surface area contributed by atoms with E-state index in [1.807, 2.05) is 6.07 Å². The summed E-state index contributed by atoms with van der Waals surface area (Å²) in [4.78, 5) is 12.4. The Morgan fingerprint density at radius 3 is 2.41 bits per heavy atom. The first-order valence-corrected chi connectivity index (χ1v) is 10.4. The van der Waals surface area contributed by atoms with Crippen molar-refractivity contribution in [2.75, 3.05) is 11.9 Å². The summed E-state index contributed by atoms with van der Waals surface area (Å²) in [5.74, 6) is -0.176. The van der Waals surface area contributed by atoms with Gasteiger partial charge in [-0.25, -0.2) is 0 Å². The van der Waals surface area contributed by atoms with Crippen molar-refractivity contribution in [3.05, 3.63) is 62.6 Å². The van der Waals surface area contributed by atoms with E-state index in [0.29, 0.717) is 38.7 Å². The fourth-order valence-electron chi connectivity index (χ4n) is 2.57. The number of anilines is 1. The average molecular weight is 452 g/mol. The number of nitrogens with one attached hydrogen (secondary N) is 1. The van der Waals surface area contributed by atoms with Gasteiger partial charge in [0.2, 0.25) is 0 Å². The van der Waals surface area contributed by atoms with Crippen LogP contribution in [0.5, 0.6) is 5.75 Å². The van der Waals surface area contributed by atoms with Gasteiger partial charge in [-0.1, -0.05) is 73.1 Å². The Morgan fingerprint density at radius 2 is 1.79 bits per heavy atom.